The molecule has 0 spiro atoms. The number of alkyl halides is 1. The third-order valence-corrected chi connectivity index (χ3v) is 4.39. The molecule has 0 radical (unpaired) electrons. The molecule has 0 N–H and O–H groups in total. The summed E-state index contributed by atoms with van der Waals surface area (Å²) < 4.78 is 23.4. The van der Waals surface area contributed by atoms with Crippen LogP contribution in [0.2, 0.25) is 0 Å². The van der Waals surface area contributed by atoms with E-state index in [1.54, 1.807) is 12.1 Å². The van der Waals surface area contributed by atoms with Crippen LogP contribution in [0.25, 0.3) is 32.7 Å². The van der Waals surface area contributed by atoms with Crippen LogP contribution in [0.3, 0.4) is 0 Å². The van der Waals surface area contributed by atoms with Crippen LogP contribution < -0.4 is 9.47 Å². The first-order valence-electron chi connectivity index (χ1n) is 8.10. The van der Waals surface area contributed by atoms with Crippen molar-refractivity contribution in [1.29, 1.82) is 0 Å². The Morgan fingerprint density at radius 3 is 1.85 bits per heavy atom. The molecule has 0 aliphatic rings. The van der Waals surface area contributed by atoms with E-state index in [4.69, 9.17) is 9.47 Å². The zero-order valence-corrected chi connectivity index (χ0v) is 13.7. The molecule has 3 nitrogen and oxygen atoms in total. The van der Waals surface area contributed by atoms with Crippen molar-refractivity contribution in [3.63, 3.8) is 0 Å². The van der Waals surface area contributed by atoms with Gasteiger partial charge in [-0.3, -0.25) is 0 Å². The number of halogens is 1. The van der Waals surface area contributed by atoms with E-state index in [0.717, 1.165) is 21.5 Å². The Morgan fingerprint density at radius 2 is 1.27 bits per heavy atom. The predicted molar refractivity (Wildman–Crippen MR) is 99.8 cm³/mol. The van der Waals surface area contributed by atoms with E-state index < -0.39 is 6.86 Å². The van der Waals surface area contributed by atoms with Gasteiger partial charge in [-0.1, -0.05) is 60.7 Å². The quantitative estimate of drug-likeness (QED) is 0.454. The molecule has 4 aromatic carbocycles. The minimum Gasteiger partial charge on any atom is -0.609 e. The molecule has 4 heteroatoms. The first kappa shape index (κ1) is 16.1. The molecule has 0 aliphatic heterocycles. The summed E-state index contributed by atoms with van der Waals surface area (Å²) in [5.74, 6) is 0.733. The number of benzene rings is 4. The van der Waals surface area contributed by atoms with Crippen molar-refractivity contribution in [2.75, 3.05) is 6.86 Å². The minimum atomic E-state index is -0.952. The van der Waals surface area contributed by atoms with E-state index in [1.165, 1.54) is 6.47 Å². The maximum atomic E-state index is 13.0. The summed E-state index contributed by atoms with van der Waals surface area (Å²) in [5, 5.41) is 3.70. The van der Waals surface area contributed by atoms with Gasteiger partial charge in [0.25, 0.3) is 0 Å². The SMILES string of the molecule is O=[C-]Oc1ccc2ccccc2c1-c1c(OCF)ccc2ccccc12. The maximum absolute atomic E-state index is 13.0. The van der Waals surface area contributed by atoms with Crippen molar-refractivity contribution in [2.24, 2.45) is 0 Å². The Hall–Kier alpha value is -3.40. The number of hydrogen-bond donors (Lipinski definition) is 0. The normalized spacial score (nSPS) is 10.8. The minimum absolute atomic E-state index is 0.346. The van der Waals surface area contributed by atoms with Gasteiger partial charge in [0.1, 0.15) is 5.75 Å². The summed E-state index contributed by atoms with van der Waals surface area (Å²) in [5.41, 5.74) is 1.36. The second-order valence-electron chi connectivity index (χ2n) is 5.76. The van der Waals surface area contributed by atoms with Gasteiger partial charge < -0.3 is 14.3 Å². The summed E-state index contributed by atoms with van der Waals surface area (Å²) in [4.78, 5) is 10.9. The molecule has 0 fully saturated rings. The topological polar surface area (TPSA) is 35.5 Å². The van der Waals surface area contributed by atoms with Gasteiger partial charge in [0.05, 0.1) is 0 Å². The number of fused-ring (bicyclic) bond motifs is 2. The molecule has 0 amide bonds. The number of rotatable bonds is 5. The van der Waals surface area contributed by atoms with E-state index in [1.807, 2.05) is 60.7 Å². The van der Waals surface area contributed by atoms with Gasteiger partial charge in [0.2, 0.25) is 6.86 Å². The number of ether oxygens (including phenoxy) is 2. The molecule has 0 saturated carbocycles. The Labute approximate surface area is 149 Å². The molecule has 26 heavy (non-hydrogen) atoms. The van der Waals surface area contributed by atoms with Crippen molar-refractivity contribution in [2.45, 2.75) is 0 Å². The standard InChI is InChI=1S/C22H14FO3/c23-13-25-19-11-9-15-5-1-3-7-17(15)21(19)22-18-8-4-2-6-16(18)10-12-20(22)26-14-24/h1-12H,13H2/q-1. The average molecular weight is 345 g/mol. The molecule has 4 aromatic rings. The lowest BCUT2D eigenvalue weighted by Gasteiger charge is -2.22. The molecular formula is C22H14FO3-. The fourth-order valence-corrected chi connectivity index (χ4v) is 3.33. The monoisotopic (exact) mass is 345 g/mol. The van der Waals surface area contributed by atoms with E-state index in [-0.39, 0.29) is 0 Å². The molecule has 0 heterocycles. The van der Waals surface area contributed by atoms with Gasteiger partial charge in [-0.15, -0.1) is 6.07 Å². The molecular weight excluding hydrogens is 331 g/mol. The highest BCUT2D eigenvalue weighted by atomic mass is 19.1. The summed E-state index contributed by atoms with van der Waals surface area (Å²) in [6.45, 7) is 0.541. The summed E-state index contributed by atoms with van der Waals surface area (Å²) >= 11 is 0. The zero-order chi connectivity index (χ0) is 17.9. The van der Waals surface area contributed by atoms with Crippen LogP contribution in [-0.4, -0.2) is 13.3 Å². The zero-order valence-electron chi connectivity index (χ0n) is 13.7. The lowest BCUT2D eigenvalue weighted by atomic mass is 9.92. The fourth-order valence-electron chi connectivity index (χ4n) is 3.33. The van der Waals surface area contributed by atoms with Gasteiger partial charge >= 0.3 is 0 Å². The van der Waals surface area contributed by atoms with Crippen LogP contribution in [0.5, 0.6) is 11.5 Å². The Bertz CT molecular complexity index is 1100. The van der Waals surface area contributed by atoms with Crippen LogP contribution in [0, 0.1) is 0 Å². The number of carbonyl (C=O) groups excluding carboxylic acids is 1. The fraction of sp³-hybridized carbons (Fsp3) is 0.0455. The van der Waals surface area contributed by atoms with Crippen molar-refractivity contribution in [3.05, 3.63) is 72.8 Å². The first-order valence-corrected chi connectivity index (χ1v) is 8.10. The average Bonchev–Trinajstić information content (AvgIpc) is 2.69. The van der Waals surface area contributed by atoms with Crippen molar-refractivity contribution in [1.82, 2.24) is 0 Å². The highest BCUT2D eigenvalue weighted by Gasteiger charge is 2.15. The van der Waals surface area contributed by atoms with Gasteiger partial charge in [-0.2, -0.15) is 0 Å². The Kier molecular flexibility index (Phi) is 4.23. The van der Waals surface area contributed by atoms with Gasteiger partial charge in [-0.05, 0) is 38.9 Å². The van der Waals surface area contributed by atoms with E-state index >= 15 is 0 Å². The lowest BCUT2D eigenvalue weighted by molar-refractivity contribution is 0.193. The predicted octanol–water partition coefficient (Wildman–Crippen LogP) is 5.41. The van der Waals surface area contributed by atoms with Crippen molar-refractivity contribution in [3.8, 4) is 22.6 Å². The molecule has 0 unspecified atom stereocenters. The Balaban J connectivity index is 2.17. The van der Waals surface area contributed by atoms with E-state index in [2.05, 4.69) is 0 Å². The third kappa shape index (κ3) is 2.65. The van der Waals surface area contributed by atoms with Gasteiger partial charge in [0, 0.05) is 5.56 Å². The van der Waals surface area contributed by atoms with Crippen LogP contribution in [0.4, 0.5) is 4.39 Å². The Morgan fingerprint density at radius 1 is 0.731 bits per heavy atom. The molecule has 4 rings (SSSR count). The van der Waals surface area contributed by atoms with E-state index in [9.17, 15) is 9.18 Å². The molecule has 0 bridgehead atoms. The molecule has 0 atom stereocenters. The molecule has 0 saturated heterocycles. The second-order valence-corrected chi connectivity index (χ2v) is 5.76. The summed E-state index contributed by atoms with van der Waals surface area (Å²) in [6.07, 6.45) is 0. The highest BCUT2D eigenvalue weighted by Crippen LogP contribution is 2.45. The van der Waals surface area contributed by atoms with Gasteiger partial charge in [0.15, 0.2) is 6.47 Å². The third-order valence-electron chi connectivity index (χ3n) is 4.39. The smallest absolute Gasteiger partial charge is 0.228 e. The van der Waals surface area contributed by atoms with E-state index in [0.29, 0.717) is 22.6 Å². The first-order chi connectivity index (χ1) is 12.8. The largest absolute Gasteiger partial charge is 0.609 e. The molecule has 128 valence electrons. The van der Waals surface area contributed by atoms with Crippen LogP contribution in [-0.2, 0) is 4.79 Å². The maximum Gasteiger partial charge on any atom is 0.228 e. The van der Waals surface area contributed by atoms with Crippen molar-refractivity contribution >= 4 is 28.0 Å². The van der Waals surface area contributed by atoms with Crippen LogP contribution in [0.1, 0.15) is 0 Å². The number of hydrogen-bond acceptors (Lipinski definition) is 3. The summed E-state index contributed by atoms with van der Waals surface area (Å²) in [7, 11) is 0. The van der Waals surface area contributed by atoms with Crippen molar-refractivity contribution < 1.29 is 18.7 Å². The second kappa shape index (κ2) is 6.84. The van der Waals surface area contributed by atoms with Gasteiger partial charge in [-0.25, -0.2) is 4.39 Å². The molecule has 0 aromatic heterocycles. The highest BCUT2D eigenvalue weighted by molar-refractivity contribution is 6.09. The van der Waals surface area contributed by atoms with Crippen LogP contribution in [0.15, 0.2) is 72.8 Å². The van der Waals surface area contributed by atoms with Crippen LogP contribution >= 0.6 is 0 Å². The summed E-state index contributed by atoms with van der Waals surface area (Å²) in [6, 6.07) is 22.7. The lowest BCUT2D eigenvalue weighted by Crippen LogP contribution is -1.98. The molecule has 0 aliphatic carbocycles.